The van der Waals surface area contributed by atoms with Crippen LogP contribution in [0.25, 0.3) is 10.9 Å². The Morgan fingerprint density at radius 3 is 2.76 bits per heavy atom. The van der Waals surface area contributed by atoms with Crippen LogP contribution in [-0.2, 0) is 6.54 Å². The van der Waals surface area contributed by atoms with Crippen molar-refractivity contribution in [2.24, 2.45) is 0 Å². The molecule has 2 aromatic carbocycles. The van der Waals surface area contributed by atoms with Crippen molar-refractivity contribution >= 4 is 16.8 Å². The molecule has 5 nitrogen and oxygen atoms in total. The van der Waals surface area contributed by atoms with Gasteiger partial charge in [-0.15, -0.1) is 0 Å². The van der Waals surface area contributed by atoms with E-state index in [4.69, 9.17) is 9.47 Å². The van der Waals surface area contributed by atoms with Crippen molar-refractivity contribution in [3.63, 3.8) is 0 Å². The molecule has 128 valence electrons. The van der Waals surface area contributed by atoms with Crippen LogP contribution >= 0.6 is 0 Å². The molecule has 2 heterocycles. The van der Waals surface area contributed by atoms with Crippen LogP contribution in [0.15, 0.2) is 42.5 Å². The van der Waals surface area contributed by atoms with Crippen molar-refractivity contribution in [3.05, 3.63) is 59.5 Å². The molecule has 0 bridgehead atoms. The second-order valence-corrected chi connectivity index (χ2v) is 6.02. The van der Waals surface area contributed by atoms with Gasteiger partial charge in [0.05, 0.1) is 0 Å². The lowest BCUT2D eigenvalue weighted by molar-refractivity contribution is 0.0780. The van der Waals surface area contributed by atoms with Gasteiger partial charge >= 0.3 is 0 Å². The molecule has 3 aromatic rings. The Morgan fingerprint density at radius 1 is 1.16 bits per heavy atom. The van der Waals surface area contributed by atoms with Gasteiger partial charge in [0, 0.05) is 24.5 Å². The average molecular weight is 340 g/mol. The minimum absolute atomic E-state index is 0.203. The summed E-state index contributed by atoms with van der Waals surface area (Å²) in [7, 11) is 1.71. The zero-order chi connectivity index (χ0) is 17.4. The van der Waals surface area contributed by atoms with E-state index in [0.717, 1.165) is 11.3 Å². The predicted octanol–water partition coefficient (Wildman–Crippen LogP) is 3.35. The lowest BCUT2D eigenvalue weighted by Crippen LogP contribution is -2.26. The third-order valence-electron chi connectivity index (χ3n) is 4.21. The monoisotopic (exact) mass is 340 g/mol. The summed E-state index contributed by atoms with van der Waals surface area (Å²) in [6.07, 6.45) is 0. The fourth-order valence-electron chi connectivity index (χ4n) is 2.97. The molecular formula is C19H17FN2O3. The Balaban J connectivity index is 1.54. The summed E-state index contributed by atoms with van der Waals surface area (Å²) < 4.78 is 24.9. The van der Waals surface area contributed by atoms with Crippen LogP contribution in [0.3, 0.4) is 0 Å². The minimum Gasteiger partial charge on any atom is -0.486 e. The van der Waals surface area contributed by atoms with Crippen LogP contribution in [0.5, 0.6) is 11.5 Å². The molecule has 1 aromatic heterocycles. The Morgan fingerprint density at radius 2 is 1.96 bits per heavy atom. The highest BCUT2D eigenvalue weighted by Gasteiger charge is 2.17. The number of halogens is 1. The third-order valence-corrected chi connectivity index (χ3v) is 4.21. The van der Waals surface area contributed by atoms with Crippen molar-refractivity contribution in [2.75, 3.05) is 20.3 Å². The zero-order valence-electron chi connectivity index (χ0n) is 13.7. The molecule has 4 rings (SSSR count). The summed E-state index contributed by atoms with van der Waals surface area (Å²) in [6.45, 7) is 1.47. The first-order valence-electron chi connectivity index (χ1n) is 8.03. The zero-order valence-corrected chi connectivity index (χ0v) is 13.7. The van der Waals surface area contributed by atoms with Gasteiger partial charge in [-0.05, 0) is 35.9 Å². The molecule has 0 spiro atoms. The third kappa shape index (κ3) is 2.91. The van der Waals surface area contributed by atoms with E-state index >= 15 is 0 Å². The number of carbonyl (C=O) groups is 1. The van der Waals surface area contributed by atoms with Crippen LogP contribution in [-0.4, -0.2) is 36.1 Å². The Labute approximate surface area is 144 Å². The highest BCUT2D eigenvalue weighted by molar-refractivity contribution is 5.98. The van der Waals surface area contributed by atoms with E-state index in [0.29, 0.717) is 42.1 Å². The number of nitrogens with zero attached hydrogens (tertiary/aromatic N) is 1. The second-order valence-electron chi connectivity index (χ2n) is 6.02. The molecule has 0 unspecified atom stereocenters. The van der Waals surface area contributed by atoms with Crippen LogP contribution in [0.2, 0.25) is 0 Å². The van der Waals surface area contributed by atoms with Crippen LogP contribution in [0, 0.1) is 5.82 Å². The molecular weight excluding hydrogens is 323 g/mol. The van der Waals surface area contributed by atoms with E-state index in [9.17, 15) is 9.18 Å². The molecule has 0 aliphatic carbocycles. The molecule has 0 saturated carbocycles. The molecule has 0 radical (unpaired) electrons. The van der Waals surface area contributed by atoms with Crippen molar-refractivity contribution in [1.29, 1.82) is 0 Å². The number of H-pyrrole nitrogens is 1. The van der Waals surface area contributed by atoms with Crippen molar-refractivity contribution in [3.8, 4) is 11.5 Å². The van der Waals surface area contributed by atoms with Gasteiger partial charge in [-0.3, -0.25) is 4.79 Å². The summed E-state index contributed by atoms with van der Waals surface area (Å²) in [5, 5.41) is 0.415. The van der Waals surface area contributed by atoms with E-state index in [1.165, 1.54) is 6.07 Å². The molecule has 0 atom stereocenters. The molecule has 1 N–H and O–H groups in total. The van der Waals surface area contributed by atoms with Crippen molar-refractivity contribution < 1.29 is 18.7 Å². The smallest absolute Gasteiger partial charge is 0.270 e. The molecule has 1 aliphatic rings. The van der Waals surface area contributed by atoms with Crippen LogP contribution in [0.4, 0.5) is 4.39 Å². The van der Waals surface area contributed by atoms with E-state index in [-0.39, 0.29) is 11.7 Å². The number of ether oxygens (including phenoxy) is 2. The fourth-order valence-corrected chi connectivity index (χ4v) is 2.97. The lowest BCUT2D eigenvalue weighted by atomic mass is 10.1. The number of amides is 1. The average Bonchev–Trinajstić information content (AvgIpc) is 3.06. The highest BCUT2D eigenvalue weighted by atomic mass is 19.1. The Kier molecular flexibility index (Phi) is 3.80. The number of carbonyl (C=O) groups excluding carboxylic acids is 1. The van der Waals surface area contributed by atoms with Gasteiger partial charge in [-0.1, -0.05) is 12.1 Å². The second kappa shape index (κ2) is 6.12. The summed E-state index contributed by atoms with van der Waals surface area (Å²) >= 11 is 0. The molecule has 25 heavy (non-hydrogen) atoms. The van der Waals surface area contributed by atoms with Gasteiger partial charge in [0.25, 0.3) is 5.91 Å². The quantitative estimate of drug-likeness (QED) is 0.795. The van der Waals surface area contributed by atoms with E-state index < -0.39 is 0 Å². The molecule has 0 fully saturated rings. The van der Waals surface area contributed by atoms with Gasteiger partial charge in [0.1, 0.15) is 24.7 Å². The maximum absolute atomic E-state index is 13.8. The van der Waals surface area contributed by atoms with Crippen molar-refractivity contribution in [2.45, 2.75) is 6.54 Å². The standard InChI is InChI=1S/C19H17FN2O3/c1-22(11-12-5-6-17-18(9-12)25-8-7-24-17)19(23)16-10-13-14(20)3-2-4-15(13)21-16/h2-6,9-10,21H,7-8,11H2,1H3. The minimum atomic E-state index is -0.345. The molecule has 6 heteroatoms. The van der Waals surface area contributed by atoms with Gasteiger partial charge in [0.15, 0.2) is 11.5 Å². The number of hydrogen-bond acceptors (Lipinski definition) is 3. The normalized spacial score (nSPS) is 13.0. The number of aromatic amines is 1. The predicted molar refractivity (Wildman–Crippen MR) is 91.5 cm³/mol. The number of aromatic nitrogens is 1. The van der Waals surface area contributed by atoms with Crippen LogP contribution < -0.4 is 9.47 Å². The maximum atomic E-state index is 13.8. The summed E-state index contributed by atoms with van der Waals surface area (Å²) in [5.41, 5.74) is 1.90. The number of nitrogens with one attached hydrogen (secondary N) is 1. The Hall–Kier alpha value is -3.02. The molecule has 1 aliphatic heterocycles. The van der Waals surface area contributed by atoms with Gasteiger partial charge in [-0.2, -0.15) is 0 Å². The number of benzene rings is 2. The lowest BCUT2D eigenvalue weighted by Gasteiger charge is -2.21. The Bertz CT molecular complexity index is 951. The summed E-state index contributed by atoms with van der Waals surface area (Å²) in [6, 6.07) is 11.9. The SMILES string of the molecule is CN(Cc1ccc2c(c1)OCCO2)C(=O)c1cc2c(F)cccc2[nH]1. The molecule has 0 saturated heterocycles. The topological polar surface area (TPSA) is 54.6 Å². The van der Waals surface area contributed by atoms with Crippen LogP contribution in [0.1, 0.15) is 16.1 Å². The number of fused-ring (bicyclic) bond motifs is 2. The van der Waals surface area contributed by atoms with Gasteiger partial charge < -0.3 is 19.4 Å². The number of rotatable bonds is 3. The van der Waals surface area contributed by atoms with E-state index in [2.05, 4.69) is 4.98 Å². The fraction of sp³-hybridized carbons (Fsp3) is 0.211. The van der Waals surface area contributed by atoms with E-state index in [1.807, 2.05) is 18.2 Å². The summed E-state index contributed by atoms with van der Waals surface area (Å²) in [5.74, 6) is 0.861. The summed E-state index contributed by atoms with van der Waals surface area (Å²) in [4.78, 5) is 17.2. The molecule has 1 amide bonds. The number of hydrogen-bond donors (Lipinski definition) is 1. The first-order valence-corrected chi connectivity index (χ1v) is 8.03. The first-order chi connectivity index (χ1) is 12.1. The van der Waals surface area contributed by atoms with Gasteiger partial charge in [-0.25, -0.2) is 4.39 Å². The highest BCUT2D eigenvalue weighted by Crippen LogP contribution is 2.31. The van der Waals surface area contributed by atoms with Crippen molar-refractivity contribution in [1.82, 2.24) is 9.88 Å². The largest absolute Gasteiger partial charge is 0.486 e. The van der Waals surface area contributed by atoms with E-state index in [1.54, 1.807) is 30.1 Å². The maximum Gasteiger partial charge on any atom is 0.270 e. The van der Waals surface area contributed by atoms with Gasteiger partial charge in [0.2, 0.25) is 0 Å². The first kappa shape index (κ1) is 15.5.